The molecule has 0 saturated heterocycles. The minimum atomic E-state index is 0.928. The first kappa shape index (κ1) is 8.81. The summed E-state index contributed by atoms with van der Waals surface area (Å²) in [5.74, 6) is 0. The molecule has 3 aromatic rings. The average Bonchev–Trinajstić information content (AvgIpc) is 2.57. The lowest BCUT2D eigenvalue weighted by Crippen LogP contribution is -1.73. The highest BCUT2D eigenvalue weighted by molar-refractivity contribution is 6.06. The summed E-state index contributed by atoms with van der Waals surface area (Å²) in [7, 11) is 0. The Balaban J connectivity index is 2.61. The number of aryl methyl sites for hydroxylation is 1. The molecule has 1 aromatic heterocycles. The van der Waals surface area contributed by atoms with Crippen molar-refractivity contribution in [2.75, 3.05) is 0 Å². The SMILES string of the molecule is Cc1cccc2oc3ccc([ClH2+2])cc3c12. The molecule has 1 nitrogen and oxygen atoms in total. The van der Waals surface area contributed by atoms with E-state index in [9.17, 15) is 0 Å². The zero-order valence-electron chi connectivity index (χ0n) is 8.32. The summed E-state index contributed by atoms with van der Waals surface area (Å²) < 4.78 is 5.75. The normalized spacial score (nSPS) is 11.3. The Hall–Kier alpha value is -1.47. The van der Waals surface area contributed by atoms with E-state index in [2.05, 4.69) is 30.7 Å². The number of rotatable bonds is 0. The fraction of sp³-hybridized carbons (Fsp3) is 0.0769. The molecule has 0 radical (unpaired) electrons. The summed E-state index contributed by atoms with van der Waals surface area (Å²) in [4.78, 5) is 0. The third kappa shape index (κ3) is 1.24. The molecule has 0 N–H and O–H groups in total. The molecule has 0 aliphatic carbocycles. The van der Waals surface area contributed by atoms with Gasteiger partial charge in [0.2, 0.25) is 0 Å². The van der Waals surface area contributed by atoms with Crippen LogP contribution in [0.4, 0.5) is 0 Å². The Morgan fingerprint density at radius 2 is 1.93 bits per heavy atom. The van der Waals surface area contributed by atoms with Gasteiger partial charge in [-0.2, -0.15) is 0 Å². The van der Waals surface area contributed by atoms with Crippen molar-refractivity contribution < 1.29 is 16.0 Å². The summed E-state index contributed by atoms with van der Waals surface area (Å²) in [6.45, 7) is 2.10. The zero-order chi connectivity index (χ0) is 10.4. The molecule has 0 aliphatic rings. The van der Waals surface area contributed by atoms with Crippen LogP contribution in [-0.2, 0) is 0 Å². The standard InChI is InChI=1S/C13H11ClO/c1-8-3-2-4-12-13(8)10-7-9(14)5-6-11(10)15-12/h2-7H,14H2,1H3/q+2. The average molecular weight is 219 g/mol. The van der Waals surface area contributed by atoms with Gasteiger partial charge >= 0.3 is 5.02 Å². The van der Waals surface area contributed by atoms with Gasteiger partial charge in [-0.05, 0) is 24.6 Å². The van der Waals surface area contributed by atoms with Crippen LogP contribution in [0.3, 0.4) is 0 Å². The highest BCUT2D eigenvalue weighted by atomic mass is 35.5. The molecule has 1 heterocycles. The molecule has 0 unspecified atom stereocenters. The van der Waals surface area contributed by atoms with Crippen LogP contribution >= 0.6 is 0 Å². The van der Waals surface area contributed by atoms with Gasteiger partial charge in [0.1, 0.15) is 11.2 Å². The van der Waals surface area contributed by atoms with Gasteiger partial charge in [0.25, 0.3) is 0 Å². The van der Waals surface area contributed by atoms with Crippen molar-refractivity contribution in [3.05, 3.63) is 47.0 Å². The molecule has 74 valence electrons. The van der Waals surface area contributed by atoms with Gasteiger partial charge in [0.05, 0.1) is 12.1 Å². The lowest BCUT2D eigenvalue weighted by molar-refractivity contribution is -0.288. The molecular formula is C13H11ClO+2. The number of benzene rings is 2. The Bertz CT molecular complexity index is 652. The Morgan fingerprint density at radius 1 is 1.07 bits per heavy atom. The van der Waals surface area contributed by atoms with E-state index in [1.807, 2.05) is 24.3 Å². The van der Waals surface area contributed by atoms with Crippen LogP contribution in [0, 0.1) is 18.5 Å². The smallest absolute Gasteiger partial charge is 0.323 e. The molecule has 0 saturated carbocycles. The molecule has 0 spiro atoms. The van der Waals surface area contributed by atoms with Gasteiger partial charge < -0.3 is 4.42 Å². The molecule has 2 heteroatoms. The summed E-state index contributed by atoms with van der Waals surface area (Å²) in [5.41, 5.74) is 3.12. The summed E-state index contributed by atoms with van der Waals surface area (Å²) in [6.07, 6.45) is 0. The molecule has 15 heavy (non-hydrogen) atoms. The Morgan fingerprint density at radius 3 is 2.80 bits per heavy atom. The second-order valence-electron chi connectivity index (χ2n) is 3.73. The molecule has 2 aromatic carbocycles. The first-order valence-electron chi connectivity index (χ1n) is 4.86. The van der Waals surface area contributed by atoms with E-state index in [1.54, 1.807) is 0 Å². The third-order valence-electron chi connectivity index (χ3n) is 2.69. The van der Waals surface area contributed by atoms with Crippen molar-refractivity contribution in [3.8, 4) is 0 Å². The van der Waals surface area contributed by atoms with Gasteiger partial charge in [-0.15, -0.1) is 0 Å². The van der Waals surface area contributed by atoms with Crippen LogP contribution in [0.25, 0.3) is 21.9 Å². The lowest BCUT2D eigenvalue weighted by atomic mass is 10.1. The lowest BCUT2D eigenvalue weighted by Gasteiger charge is -1.92. The van der Waals surface area contributed by atoms with Crippen LogP contribution < -0.4 is 0 Å². The van der Waals surface area contributed by atoms with Crippen LogP contribution in [0.2, 0.25) is 5.02 Å². The molecule has 0 amide bonds. The Labute approximate surface area is 92.3 Å². The van der Waals surface area contributed by atoms with E-state index in [-0.39, 0.29) is 0 Å². The topological polar surface area (TPSA) is 13.1 Å². The zero-order valence-corrected chi connectivity index (χ0v) is 9.21. The van der Waals surface area contributed by atoms with E-state index in [0.29, 0.717) is 0 Å². The van der Waals surface area contributed by atoms with E-state index in [4.69, 9.17) is 4.42 Å². The molecule has 0 aliphatic heterocycles. The monoisotopic (exact) mass is 218 g/mol. The van der Waals surface area contributed by atoms with Crippen molar-refractivity contribution in [2.45, 2.75) is 6.92 Å². The van der Waals surface area contributed by atoms with Crippen molar-refractivity contribution in [2.24, 2.45) is 0 Å². The predicted octanol–water partition coefficient (Wildman–Crippen LogP) is 3.32. The maximum absolute atomic E-state index is 5.75. The van der Waals surface area contributed by atoms with Crippen molar-refractivity contribution in [3.63, 3.8) is 0 Å². The fourth-order valence-electron chi connectivity index (χ4n) is 1.99. The predicted molar refractivity (Wildman–Crippen MR) is 60.4 cm³/mol. The van der Waals surface area contributed by atoms with Crippen LogP contribution in [0.5, 0.6) is 0 Å². The maximum atomic E-state index is 5.75. The van der Waals surface area contributed by atoms with E-state index >= 15 is 0 Å². The van der Waals surface area contributed by atoms with Gasteiger partial charge in [-0.25, -0.2) is 0 Å². The summed E-state index contributed by atoms with van der Waals surface area (Å²) in [5, 5.41) is 3.31. The third-order valence-corrected chi connectivity index (χ3v) is 2.97. The summed E-state index contributed by atoms with van der Waals surface area (Å²) >= 11 is 4.35. The minimum absolute atomic E-state index is 0.928. The molecule has 3 rings (SSSR count). The number of halogens is 1. The van der Waals surface area contributed by atoms with Crippen LogP contribution in [-0.4, -0.2) is 0 Å². The van der Waals surface area contributed by atoms with E-state index in [0.717, 1.165) is 21.6 Å². The van der Waals surface area contributed by atoms with Crippen molar-refractivity contribution >= 4 is 21.9 Å². The van der Waals surface area contributed by atoms with Crippen LogP contribution in [0.1, 0.15) is 5.56 Å². The van der Waals surface area contributed by atoms with E-state index < -0.39 is 0 Å². The van der Waals surface area contributed by atoms with Gasteiger partial charge in [-0.3, -0.25) is 0 Å². The number of hydrogen-bond acceptors (Lipinski definition) is 1. The first-order chi connectivity index (χ1) is 7.25. The van der Waals surface area contributed by atoms with Gasteiger partial charge in [0, 0.05) is 22.4 Å². The first-order valence-corrected chi connectivity index (χ1v) is 5.31. The molecule has 0 bridgehead atoms. The molecule has 0 fully saturated rings. The summed E-state index contributed by atoms with van der Waals surface area (Å²) in [6, 6.07) is 12.1. The van der Waals surface area contributed by atoms with Gasteiger partial charge in [0.15, 0.2) is 0 Å². The van der Waals surface area contributed by atoms with Crippen molar-refractivity contribution in [1.29, 1.82) is 0 Å². The second-order valence-corrected chi connectivity index (χ2v) is 4.25. The minimum Gasteiger partial charge on any atom is -0.456 e. The maximum Gasteiger partial charge on any atom is 0.323 e. The number of hydrogen-bond donors (Lipinski definition) is 0. The molecule has 0 atom stereocenters. The highest BCUT2D eigenvalue weighted by Crippen LogP contribution is 2.31. The largest absolute Gasteiger partial charge is 0.456 e. The fourth-order valence-corrected chi connectivity index (χ4v) is 2.20. The quantitative estimate of drug-likeness (QED) is 0.564. The van der Waals surface area contributed by atoms with Crippen LogP contribution in [0.15, 0.2) is 40.8 Å². The number of fused-ring (bicyclic) bond motifs is 3. The van der Waals surface area contributed by atoms with E-state index in [1.165, 1.54) is 10.9 Å². The van der Waals surface area contributed by atoms with Gasteiger partial charge in [-0.1, -0.05) is 12.1 Å². The second kappa shape index (κ2) is 3.01. The highest BCUT2D eigenvalue weighted by Gasteiger charge is 2.11. The Kier molecular flexibility index (Phi) is 1.77. The van der Waals surface area contributed by atoms with Crippen molar-refractivity contribution in [1.82, 2.24) is 0 Å². The number of furan rings is 1. The molecular weight excluding hydrogens is 208 g/mol.